The first-order valence-electron chi connectivity index (χ1n) is 10.2. The van der Waals surface area contributed by atoms with Crippen molar-refractivity contribution in [1.82, 2.24) is 5.32 Å². The number of carbonyl (C=O) groups is 2. The van der Waals surface area contributed by atoms with E-state index >= 15 is 0 Å². The van der Waals surface area contributed by atoms with E-state index in [1.807, 2.05) is 49.4 Å². The Kier molecular flexibility index (Phi) is 10.3. The third kappa shape index (κ3) is 8.65. The van der Waals surface area contributed by atoms with E-state index < -0.39 is 11.9 Å². The molecule has 1 aliphatic heterocycles. The highest BCUT2D eigenvalue weighted by Gasteiger charge is 2.28. The van der Waals surface area contributed by atoms with Crippen molar-refractivity contribution in [1.29, 1.82) is 0 Å². The number of ether oxygens (including phenoxy) is 3. The zero-order chi connectivity index (χ0) is 22.5. The molecule has 2 atom stereocenters. The van der Waals surface area contributed by atoms with Crippen molar-refractivity contribution in [2.75, 3.05) is 26.3 Å². The van der Waals surface area contributed by atoms with Crippen LogP contribution < -0.4 is 14.8 Å². The maximum atomic E-state index is 9.64. The summed E-state index contributed by atoms with van der Waals surface area (Å²) in [4.78, 5) is 19.3. The van der Waals surface area contributed by atoms with Crippen LogP contribution in [0.2, 0.25) is 0 Å². The number of para-hydroxylation sites is 2. The van der Waals surface area contributed by atoms with E-state index in [1.54, 1.807) is 0 Å². The Morgan fingerprint density at radius 1 is 1.03 bits per heavy atom. The molecular formula is C23H29NO7. The monoisotopic (exact) mass is 431 g/mol. The number of aliphatic carboxylic acids is 2. The number of carboxylic acid groups (broad SMARTS) is 2. The summed E-state index contributed by atoms with van der Waals surface area (Å²) in [5.74, 6) is -0.642. The lowest BCUT2D eigenvalue weighted by Gasteiger charge is -2.32. The highest BCUT2D eigenvalue weighted by molar-refractivity contribution is 5.75. The lowest BCUT2D eigenvalue weighted by Crippen LogP contribution is -2.43. The van der Waals surface area contributed by atoms with Crippen LogP contribution in [0.3, 0.4) is 0 Å². The molecule has 0 aromatic heterocycles. The summed E-state index contributed by atoms with van der Waals surface area (Å²) in [6.07, 6.45) is -0.795. The van der Waals surface area contributed by atoms with Crippen LogP contribution in [0.15, 0.2) is 54.6 Å². The molecule has 2 aromatic carbocycles. The summed E-state index contributed by atoms with van der Waals surface area (Å²) in [6, 6.07) is 18.0. The fraction of sp³-hybridized carbons (Fsp3) is 0.391. The Bertz CT molecular complexity index is 793. The smallest absolute Gasteiger partial charge is 0.303 e. The highest BCUT2D eigenvalue weighted by atomic mass is 16.6. The van der Waals surface area contributed by atoms with Crippen molar-refractivity contribution in [3.05, 3.63) is 60.2 Å². The molecule has 31 heavy (non-hydrogen) atoms. The van der Waals surface area contributed by atoms with Gasteiger partial charge in [-0.25, -0.2) is 0 Å². The van der Waals surface area contributed by atoms with Crippen molar-refractivity contribution in [3.8, 4) is 11.5 Å². The lowest BCUT2D eigenvalue weighted by molar-refractivity contribution is -0.143. The molecule has 0 spiro atoms. The zero-order valence-corrected chi connectivity index (χ0v) is 17.5. The van der Waals surface area contributed by atoms with Crippen LogP contribution in [0.25, 0.3) is 0 Å². The molecule has 1 saturated heterocycles. The molecule has 168 valence electrons. The fourth-order valence-electron chi connectivity index (χ4n) is 2.95. The van der Waals surface area contributed by atoms with Gasteiger partial charge in [0.15, 0.2) is 17.6 Å². The lowest BCUT2D eigenvalue weighted by atomic mass is 10.0. The van der Waals surface area contributed by atoms with Gasteiger partial charge in [-0.1, -0.05) is 42.5 Å². The van der Waals surface area contributed by atoms with Gasteiger partial charge in [0.25, 0.3) is 0 Å². The molecule has 3 rings (SSSR count). The molecule has 0 saturated carbocycles. The first-order chi connectivity index (χ1) is 15.0. The second-order valence-corrected chi connectivity index (χ2v) is 6.73. The average Bonchev–Trinajstić information content (AvgIpc) is 2.79. The molecule has 2 unspecified atom stereocenters. The number of hydrogen-bond acceptors (Lipinski definition) is 6. The fourth-order valence-corrected chi connectivity index (χ4v) is 2.95. The molecule has 1 heterocycles. The minimum Gasteiger partial charge on any atom is -0.490 e. The Morgan fingerprint density at radius 2 is 1.65 bits per heavy atom. The SMILES string of the molecule is CCOc1ccccc1OC(c1ccccc1)C1CNCCO1.O=C(O)CCC(=O)O. The van der Waals surface area contributed by atoms with Crippen LogP contribution in [-0.4, -0.2) is 54.6 Å². The minimum absolute atomic E-state index is 0.0270. The first kappa shape index (κ1) is 24.2. The van der Waals surface area contributed by atoms with Gasteiger partial charge < -0.3 is 29.7 Å². The predicted molar refractivity (Wildman–Crippen MR) is 115 cm³/mol. The molecule has 1 aliphatic rings. The number of rotatable bonds is 9. The quantitative estimate of drug-likeness (QED) is 0.555. The molecule has 3 N–H and O–H groups in total. The molecule has 0 amide bonds. The standard InChI is InChI=1S/C19H23NO3.C4H6O4/c1-2-21-16-10-6-7-11-17(16)23-19(15-8-4-3-5-9-15)18-14-20-12-13-22-18;5-3(6)1-2-4(7)8/h3-11,18-20H,2,12-14H2,1H3;1-2H2,(H,5,6)(H,7,8). The Balaban J connectivity index is 0.000000366. The second-order valence-electron chi connectivity index (χ2n) is 6.73. The number of benzene rings is 2. The van der Waals surface area contributed by atoms with Crippen molar-refractivity contribution in [2.24, 2.45) is 0 Å². The van der Waals surface area contributed by atoms with E-state index in [2.05, 4.69) is 17.4 Å². The van der Waals surface area contributed by atoms with Crippen LogP contribution in [0.5, 0.6) is 11.5 Å². The van der Waals surface area contributed by atoms with Crippen LogP contribution >= 0.6 is 0 Å². The van der Waals surface area contributed by atoms with Gasteiger partial charge in [-0.2, -0.15) is 0 Å². The van der Waals surface area contributed by atoms with Crippen LogP contribution in [0.1, 0.15) is 31.4 Å². The molecule has 8 nitrogen and oxygen atoms in total. The van der Waals surface area contributed by atoms with Gasteiger partial charge in [-0.05, 0) is 24.6 Å². The number of nitrogens with one attached hydrogen (secondary N) is 1. The normalized spacial score (nSPS) is 16.4. The van der Waals surface area contributed by atoms with E-state index in [0.717, 1.165) is 30.2 Å². The third-order valence-corrected chi connectivity index (χ3v) is 4.38. The van der Waals surface area contributed by atoms with Gasteiger partial charge >= 0.3 is 11.9 Å². The van der Waals surface area contributed by atoms with Crippen molar-refractivity contribution < 1.29 is 34.0 Å². The number of hydrogen-bond donors (Lipinski definition) is 3. The van der Waals surface area contributed by atoms with Crippen LogP contribution in [0, 0.1) is 0 Å². The Hall–Kier alpha value is -3.10. The number of carboxylic acids is 2. The summed E-state index contributed by atoms with van der Waals surface area (Å²) in [5, 5.41) is 19.2. The van der Waals surface area contributed by atoms with Crippen molar-refractivity contribution in [2.45, 2.75) is 32.0 Å². The molecule has 2 aromatic rings. The van der Waals surface area contributed by atoms with E-state index in [1.165, 1.54) is 0 Å². The Labute approximate surface area is 181 Å². The van der Waals surface area contributed by atoms with Crippen molar-refractivity contribution >= 4 is 11.9 Å². The van der Waals surface area contributed by atoms with Gasteiger partial charge in [0.2, 0.25) is 0 Å². The minimum atomic E-state index is -1.08. The third-order valence-electron chi connectivity index (χ3n) is 4.38. The largest absolute Gasteiger partial charge is 0.490 e. The van der Waals surface area contributed by atoms with Gasteiger partial charge in [-0.15, -0.1) is 0 Å². The van der Waals surface area contributed by atoms with E-state index in [9.17, 15) is 9.59 Å². The van der Waals surface area contributed by atoms with E-state index in [-0.39, 0.29) is 25.0 Å². The van der Waals surface area contributed by atoms with Crippen LogP contribution in [-0.2, 0) is 14.3 Å². The average molecular weight is 431 g/mol. The van der Waals surface area contributed by atoms with Gasteiger partial charge in [0.05, 0.1) is 26.1 Å². The maximum Gasteiger partial charge on any atom is 0.303 e. The summed E-state index contributed by atoms with van der Waals surface area (Å²) >= 11 is 0. The molecule has 0 aliphatic carbocycles. The molecule has 0 bridgehead atoms. The van der Waals surface area contributed by atoms with Crippen molar-refractivity contribution in [3.63, 3.8) is 0 Å². The Morgan fingerprint density at radius 3 is 2.19 bits per heavy atom. The highest BCUT2D eigenvalue weighted by Crippen LogP contribution is 2.33. The van der Waals surface area contributed by atoms with E-state index in [4.69, 9.17) is 24.4 Å². The van der Waals surface area contributed by atoms with Crippen LogP contribution in [0.4, 0.5) is 0 Å². The number of morpholine rings is 1. The molecule has 1 fully saturated rings. The van der Waals surface area contributed by atoms with Gasteiger partial charge in [0, 0.05) is 13.1 Å². The summed E-state index contributed by atoms with van der Waals surface area (Å²) in [6.45, 7) is 4.94. The topological polar surface area (TPSA) is 114 Å². The zero-order valence-electron chi connectivity index (χ0n) is 17.5. The van der Waals surface area contributed by atoms with Gasteiger partial charge in [-0.3, -0.25) is 9.59 Å². The molecule has 8 heteroatoms. The summed E-state index contributed by atoms with van der Waals surface area (Å²) < 4.78 is 18.0. The maximum absolute atomic E-state index is 9.64. The molecular weight excluding hydrogens is 402 g/mol. The van der Waals surface area contributed by atoms with Gasteiger partial charge in [0.1, 0.15) is 6.10 Å². The summed E-state index contributed by atoms with van der Waals surface area (Å²) in [7, 11) is 0. The molecule has 0 radical (unpaired) electrons. The summed E-state index contributed by atoms with van der Waals surface area (Å²) in [5.41, 5.74) is 1.10. The second kappa shape index (κ2) is 13.3. The first-order valence-corrected chi connectivity index (χ1v) is 10.2. The predicted octanol–water partition coefficient (Wildman–Crippen LogP) is 3.13. The van der Waals surface area contributed by atoms with E-state index in [0.29, 0.717) is 13.2 Å².